The third kappa shape index (κ3) is 1.32. The maximum atomic E-state index is 2.50. The Labute approximate surface area is 64.6 Å². The molecule has 48 valence electrons. The zero-order valence-corrected chi connectivity index (χ0v) is 8.19. The lowest BCUT2D eigenvalue weighted by Crippen LogP contribution is -2.05. The topological polar surface area (TPSA) is 6.48 Å². The van der Waals surface area contributed by atoms with Crippen LogP contribution in [0.2, 0.25) is 0 Å². The molecular weight excluding hydrogens is 234 g/mol. The van der Waals surface area contributed by atoms with Gasteiger partial charge in [0.15, 0.2) is 0 Å². The molecule has 0 aromatic rings. The Hall–Kier alpha value is 1.08. The predicted molar refractivity (Wildman–Crippen MR) is 46.2 cm³/mol. The zero-order valence-electron chi connectivity index (χ0n) is 5.13. The van der Waals surface area contributed by atoms with Crippen LogP contribution in [0.3, 0.4) is 0 Å². The molecule has 0 aromatic heterocycles. The van der Waals surface area contributed by atoms with E-state index in [9.17, 15) is 0 Å². The highest BCUT2D eigenvalue weighted by atomic mass is 127. The molecule has 4 heteroatoms. The Kier molecular flexibility index (Phi) is 2.49. The number of nitrogens with zero attached hydrogens (tertiary/aromatic N) is 2. The summed E-state index contributed by atoms with van der Waals surface area (Å²) in [6.07, 6.45) is 0. The Bertz CT molecular complexity index is 80.1. The van der Waals surface area contributed by atoms with Crippen LogP contribution in [0.1, 0.15) is 0 Å². The fourth-order valence-electron chi connectivity index (χ4n) is 0.715. The molecule has 1 rings (SSSR count). The summed E-state index contributed by atoms with van der Waals surface area (Å²) < 4.78 is 4.80. The molecule has 0 saturated carbocycles. The molecule has 0 bridgehead atoms. The van der Waals surface area contributed by atoms with Crippen molar-refractivity contribution in [3.63, 3.8) is 0 Å². The van der Waals surface area contributed by atoms with Gasteiger partial charge in [-0.3, -0.25) is 9.34 Å². The van der Waals surface area contributed by atoms with Crippen LogP contribution in [-0.2, 0) is 0 Å². The molecule has 1 aliphatic rings. The van der Waals surface area contributed by atoms with Crippen molar-refractivity contribution in [2.75, 3.05) is 27.2 Å². The van der Waals surface area contributed by atoms with E-state index >= 15 is 0 Å². The number of halogens is 1. The summed E-state index contributed by atoms with van der Waals surface area (Å²) in [4.78, 5) is 0. The SMILES string of the molecule is CN1CCN(C)P1I. The van der Waals surface area contributed by atoms with Gasteiger partial charge in [0.2, 0.25) is 0 Å². The summed E-state index contributed by atoms with van der Waals surface area (Å²) in [6.45, 7) is 2.48. The van der Waals surface area contributed by atoms with Gasteiger partial charge in [0.25, 0.3) is 0 Å². The largest absolute Gasteiger partial charge is 0.264 e. The molecule has 1 saturated heterocycles. The Morgan fingerprint density at radius 2 is 1.62 bits per heavy atom. The van der Waals surface area contributed by atoms with E-state index in [4.69, 9.17) is 0 Å². The van der Waals surface area contributed by atoms with Crippen LogP contribution in [0.4, 0.5) is 0 Å². The summed E-state index contributed by atoms with van der Waals surface area (Å²) in [5, 5.41) is 0. The van der Waals surface area contributed by atoms with Crippen LogP contribution >= 0.6 is 27.9 Å². The van der Waals surface area contributed by atoms with Gasteiger partial charge >= 0.3 is 0 Å². The highest BCUT2D eigenvalue weighted by Crippen LogP contribution is 2.53. The normalized spacial score (nSPS) is 27.4. The molecule has 1 fully saturated rings. The molecule has 1 aliphatic heterocycles. The molecule has 0 aromatic carbocycles. The van der Waals surface area contributed by atoms with Crippen LogP contribution < -0.4 is 0 Å². The number of hydrogen-bond donors (Lipinski definition) is 0. The van der Waals surface area contributed by atoms with Gasteiger partial charge in [-0.05, 0) is 36.1 Å². The van der Waals surface area contributed by atoms with Crippen molar-refractivity contribution in [1.82, 2.24) is 9.34 Å². The molecule has 0 N–H and O–H groups in total. The maximum Gasteiger partial charge on any atom is 0.107 e. The number of hydrogen-bond acceptors (Lipinski definition) is 2. The molecule has 0 atom stereocenters. The summed E-state index contributed by atoms with van der Waals surface area (Å²) in [5.74, 6) is 0.0492. The molecule has 0 unspecified atom stereocenters. The van der Waals surface area contributed by atoms with Crippen molar-refractivity contribution >= 4 is 27.9 Å². The van der Waals surface area contributed by atoms with Crippen molar-refractivity contribution in [1.29, 1.82) is 0 Å². The Morgan fingerprint density at radius 3 is 1.75 bits per heavy atom. The van der Waals surface area contributed by atoms with Crippen LogP contribution in [0.5, 0.6) is 0 Å². The first-order valence-electron chi connectivity index (χ1n) is 2.60. The van der Waals surface area contributed by atoms with Gasteiger partial charge in [0.1, 0.15) is 5.87 Å². The summed E-state index contributed by atoms with van der Waals surface area (Å²) in [5.41, 5.74) is 0. The minimum atomic E-state index is 0.0492. The minimum absolute atomic E-state index is 0.0492. The average molecular weight is 244 g/mol. The molecular formula is C4H10IN2P. The van der Waals surface area contributed by atoms with E-state index < -0.39 is 0 Å². The highest BCUT2D eigenvalue weighted by Gasteiger charge is 2.22. The molecule has 0 radical (unpaired) electrons. The second kappa shape index (κ2) is 2.78. The average Bonchev–Trinajstić information content (AvgIpc) is 1.98. The zero-order chi connectivity index (χ0) is 6.15. The van der Waals surface area contributed by atoms with Crippen molar-refractivity contribution < 1.29 is 0 Å². The van der Waals surface area contributed by atoms with Gasteiger partial charge in [-0.1, -0.05) is 0 Å². The van der Waals surface area contributed by atoms with Crippen LogP contribution in [0, 0.1) is 0 Å². The second-order valence-electron chi connectivity index (χ2n) is 2.00. The first-order valence-corrected chi connectivity index (χ1v) is 6.63. The fourth-order valence-corrected chi connectivity index (χ4v) is 3.04. The van der Waals surface area contributed by atoms with Gasteiger partial charge in [-0.25, -0.2) is 0 Å². The fraction of sp³-hybridized carbons (Fsp3) is 1.00. The van der Waals surface area contributed by atoms with Crippen molar-refractivity contribution in [3.05, 3.63) is 0 Å². The van der Waals surface area contributed by atoms with Crippen LogP contribution in [0.25, 0.3) is 0 Å². The van der Waals surface area contributed by atoms with Gasteiger partial charge in [0.05, 0.1) is 0 Å². The van der Waals surface area contributed by atoms with E-state index in [2.05, 4.69) is 45.5 Å². The lowest BCUT2D eigenvalue weighted by molar-refractivity contribution is 0.553. The van der Waals surface area contributed by atoms with Crippen LogP contribution in [-0.4, -0.2) is 36.5 Å². The predicted octanol–water partition coefficient (Wildman–Crippen LogP) is 1.53. The monoisotopic (exact) mass is 244 g/mol. The second-order valence-corrected chi connectivity index (χ2v) is 6.44. The molecule has 0 aliphatic carbocycles. The first-order chi connectivity index (χ1) is 3.72. The van der Waals surface area contributed by atoms with Gasteiger partial charge in [-0.15, -0.1) is 0 Å². The molecule has 0 amide bonds. The lowest BCUT2D eigenvalue weighted by Gasteiger charge is -2.16. The van der Waals surface area contributed by atoms with E-state index in [1.807, 2.05) is 0 Å². The smallest absolute Gasteiger partial charge is 0.107 e. The first kappa shape index (κ1) is 7.19. The van der Waals surface area contributed by atoms with Crippen molar-refractivity contribution in [3.8, 4) is 0 Å². The lowest BCUT2D eigenvalue weighted by atomic mass is 10.6. The van der Waals surface area contributed by atoms with Gasteiger partial charge in [0, 0.05) is 13.1 Å². The van der Waals surface area contributed by atoms with Crippen molar-refractivity contribution in [2.45, 2.75) is 0 Å². The van der Waals surface area contributed by atoms with Gasteiger partial charge in [-0.2, -0.15) is 0 Å². The van der Waals surface area contributed by atoms with Gasteiger partial charge < -0.3 is 0 Å². The standard InChI is InChI=1S/C4H10IN2P/c1-6-3-4-7(2)8(6)5/h3-4H2,1-2H3. The number of rotatable bonds is 0. The third-order valence-corrected chi connectivity index (χ3v) is 7.26. The molecule has 0 spiro atoms. The summed E-state index contributed by atoms with van der Waals surface area (Å²) >= 11 is 2.50. The third-order valence-electron chi connectivity index (χ3n) is 1.31. The molecule has 2 nitrogen and oxygen atoms in total. The summed E-state index contributed by atoms with van der Waals surface area (Å²) in [6, 6.07) is 0. The maximum absolute atomic E-state index is 2.50. The minimum Gasteiger partial charge on any atom is -0.264 e. The Morgan fingerprint density at radius 1 is 1.25 bits per heavy atom. The van der Waals surface area contributed by atoms with E-state index in [0.29, 0.717) is 0 Å². The number of likely N-dealkylation sites (N-methyl/N-ethyl adjacent to an activating group) is 2. The van der Waals surface area contributed by atoms with E-state index in [1.54, 1.807) is 0 Å². The van der Waals surface area contributed by atoms with E-state index in [1.165, 1.54) is 13.1 Å². The Balaban J connectivity index is 2.44. The quantitative estimate of drug-likeness (QED) is 0.471. The van der Waals surface area contributed by atoms with Crippen molar-refractivity contribution in [2.24, 2.45) is 0 Å². The van der Waals surface area contributed by atoms with Crippen LogP contribution in [0.15, 0.2) is 0 Å². The van der Waals surface area contributed by atoms with E-state index in [0.717, 1.165) is 0 Å². The molecule has 1 heterocycles. The summed E-state index contributed by atoms with van der Waals surface area (Å²) in [7, 11) is 4.36. The highest BCUT2D eigenvalue weighted by molar-refractivity contribution is 14.2. The van der Waals surface area contributed by atoms with E-state index in [-0.39, 0.29) is 5.87 Å². The molecule has 8 heavy (non-hydrogen) atoms.